The van der Waals surface area contributed by atoms with E-state index in [9.17, 15) is 9.18 Å². The lowest BCUT2D eigenvalue weighted by Gasteiger charge is -2.39. The molecule has 1 aromatic heterocycles. The van der Waals surface area contributed by atoms with Gasteiger partial charge >= 0.3 is 0 Å². The van der Waals surface area contributed by atoms with Gasteiger partial charge in [-0.3, -0.25) is 9.69 Å². The van der Waals surface area contributed by atoms with E-state index in [4.69, 9.17) is 4.42 Å². The van der Waals surface area contributed by atoms with Crippen LogP contribution in [-0.4, -0.2) is 43.5 Å². The summed E-state index contributed by atoms with van der Waals surface area (Å²) in [5, 5.41) is 2.88. The van der Waals surface area contributed by atoms with Crippen molar-refractivity contribution in [2.24, 2.45) is 0 Å². The van der Waals surface area contributed by atoms with Crippen LogP contribution in [0.2, 0.25) is 0 Å². The van der Waals surface area contributed by atoms with E-state index >= 15 is 0 Å². The highest BCUT2D eigenvalue weighted by Crippen LogP contribution is 2.24. The SMILES string of the molecule is CC(=O)NC[C@@H](c1ccco1)N1CCN(c2ccc(F)cc2)CC1. The van der Waals surface area contributed by atoms with Gasteiger partial charge < -0.3 is 14.6 Å². The second-order valence-electron chi connectivity index (χ2n) is 5.97. The fourth-order valence-corrected chi connectivity index (χ4v) is 3.07. The number of nitrogens with one attached hydrogen (secondary N) is 1. The minimum absolute atomic E-state index is 0.0271. The second kappa shape index (κ2) is 7.49. The predicted octanol–water partition coefficient (Wildman–Crippen LogP) is 2.42. The van der Waals surface area contributed by atoms with Crippen molar-refractivity contribution in [1.82, 2.24) is 10.2 Å². The number of halogens is 1. The maximum absolute atomic E-state index is 13.1. The van der Waals surface area contributed by atoms with Crippen LogP contribution in [0.25, 0.3) is 0 Å². The minimum atomic E-state index is -0.217. The summed E-state index contributed by atoms with van der Waals surface area (Å²) in [6, 6.07) is 10.4. The molecule has 0 saturated carbocycles. The fourth-order valence-electron chi connectivity index (χ4n) is 3.07. The lowest BCUT2D eigenvalue weighted by atomic mass is 10.1. The molecule has 1 N–H and O–H groups in total. The van der Waals surface area contributed by atoms with E-state index in [2.05, 4.69) is 15.1 Å². The Bertz CT molecular complexity index is 649. The summed E-state index contributed by atoms with van der Waals surface area (Å²) < 4.78 is 18.6. The van der Waals surface area contributed by atoms with Crippen LogP contribution in [0, 0.1) is 5.82 Å². The van der Waals surface area contributed by atoms with Gasteiger partial charge in [-0.25, -0.2) is 4.39 Å². The third kappa shape index (κ3) is 3.94. The van der Waals surface area contributed by atoms with Gasteiger partial charge in [-0.05, 0) is 36.4 Å². The van der Waals surface area contributed by atoms with Gasteiger partial charge in [0, 0.05) is 45.3 Å². The van der Waals surface area contributed by atoms with E-state index < -0.39 is 0 Å². The highest BCUT2D eigenvalue weighted by molar-refractivity contribution is 5.72. The average Bonchev–Trinajstić information content (AvgIpc) is 3.10. The number of benzene rings is 1. The summed E-state index contributed by atoms with van der Waals surface area (Å²) >= 11 is 0. The molecule has 0 bridgehead atoms. The summed E-state index contributed by atoms with van der Waals surface area (Å²) in [6.45, 7) is 5.45. The molecule has 2 aromatic rings. The van der Waals surface area contributed by atoms with Gasteiger partial charge in [0.15, 0.2) is 0 Å². The molecule has 1 aromatic carbocycles. The zero-order valence-electron chi connectivity index (χ0n) is 13.7. The van der Waals surface area contributed by atoms with Crippen LogP contribution in [0.3, 0.4) is 0 Å². The molecule has 1 saturated heterocycles. The molecule has 24 heavy (non-hydrogen) atoms. The first-order valence-corrected chi connectivity index (χ1v) is 8.16. The summed E-state index contributed by atoms with van der Waals surface area (Å²) in [7, 11) is 0. The number of rotatable bonds is 5. The Balaban J connectivity index is 1.64. The molecule has 0 aliphatic carbocycles. The van der Waals surface area contributed by atoms with Gasteiger partial charge in [0.2, 0.25) is 5.91 Å². The van der Waals surface area contributed by atoms with Crippen LogP contribution < -0.4 is 10.2 Å². The number of amides is 1. The topological polar surface area (TPSA) is 48.7 Å². The van der Waals surface area contributed by atoms with Gasteiger partial charge in [0.05, 0.1) is 12.3 Å². The predicted molar refractivity (Wildman–Crippen MR) is 90.3 cm³/mol. The summed E-state index contributed by atoms with van der Waals surface area (Å²) in [5.74, 6) is 0.598. The third-order valence-electron chi connectivity index (χ3n) is 4.36. The quantitative estimate of drug-likeness (QED) is 0.914. The number of hydrogen-bond acceptors (Lipinski definition) is 4. The maximum Gasteiger partial charge on any atom is 0.216 e. The fraction of sp³-hybridized carbons (Fsp3) is 0.389. The Labute approximate surface area is 141 Å². The van der Waals surface area contributed by atoms with Crippen LogP contribution in [0.15, 0.2) is 47.1 Å². The van der Waals surface area contributed by atoms with Gasteiger partial charge in [0.25, 0.3) is 0 Å². The van der Waals surface area contributed by atoms with Gasteiger partial charge in [-0.2, -0.15) is 0 Å². The number of hydrogen-bond donors (Lipinski definition) is 1. The van der Waals surface area contributed by atoms with Crippen LogP contribution in [-0.2, 0) is 4.79 Å². The zero-order valence-corrected chi connectivity index (χ0v) is 13.7. The number of carbonyl (C=O) groups excluding carboxylic acids is 1. The molecule has 1 fully saturated rings. The molecule has 0 radical (unpaired) electrons. The Hall–Kier alpha value is -2.34. The maximum atomic E-state index is 13.1. The van der Waals surface area contributed by atoms with E-state index in [1.54, 1.807) is 6.26 Å². The van der Waals surface area contributed by atoms with E-state index in [-0.39, 0.29) is 17.8 Å². The van der Waals surface area contributed by atoms with Crippen molar-refractivity contribution >= 4 is 11.6 Å². The van der Waals surface area contributed by atoms with E-state index in [0.717, 1.165) is 37.6 Å². The molecule has 1 aliphatic heterocycles. The molecule has 3 rings (SSSR count). The standard InChI is InChI=1S/C18H22FN3O2/c1-14(23)20-13-17(18-3-2-12-24-18)22-10-8-21(9-11-22)16-6-4-15(19)5-7-16/h2-7,12,17H,8-11,13H2,1H3,(H,20,23)/t17-/m0/s1. The molecular formula is C18H22FN3O2. The Morgan fingerprint density at radius 3 is 2.50 bits per heavy atom. The molecular weight excluding hydrogens is 309 g/mol. The van der Waals surface area contributed by atoms with Crippen molar-refractivity contribution in [3.8, 4) is 0 Å². The number of piperazine rings is 1. The Morgan fingerprint density at radius 2 is 1.92 bits per heavy atom. The molecule has 0 spiro atoms. The number of carbonyl (C=O) groups is 1. The van der Waals surface area contributed by atoms with E-state index in [0.29, 0.717) is 6.54 Å². The van der Waals surface area contributed by atoms with Crippen molar-refractivity contribution in [2.45, 2.75) is 13.0 Å². The molecule has 5 nitrogen and oxygen atoms in total. The molecule has 1 atom stereocenters. The first kappa shape index (κ1) is 16.5. The molecule has 2 heterocycles. The molecule has 6 heteroatoms. The smallest absolute Gasteiger partial charge is 0.216 e. The Morgan fingerprint density at radius 1 is 1.21 bits per heavy atom. The highest BCUT2D eigenvalue weighted by Gasteiger charge is 2.27. The van der Waals surface area contributed by atoms with Crippen molar-refractivity contribution in [2.75, 3.05) is 37.6 Å². The second-order valence-corrected chi connectivity index (χ2v) is 5.97. The summed E-state index contributed by atoms with van der Waals surface area (Å²) in [4.78, 5) is 15.8. The molecule has 1 amide bonds. The average molecular weight is 331 g/mol. The number of anilines is 1. The number of nitrogens with zero attached hydrogens (tertiary/aromatic N) is 2. The molecule has 0 unspecified atom stereocenters. The van der Waals surface area contributed by atoms with Gasteiger partial charge in [-0.15, -0.1) is 0 Å². The van der Waals surface area contributed by atoms with Crippen molar-refractivity contribution in [1.29, 1.82) is 0 Å². The molecule has 1 aliphatic rings. The lowest BCUT2D eigenvalue weighted by molar-refractivity contribution is -0.119. The first-order valence-electron chi connectivity index (χ1n) is 8.16. The van der Waals surface area contributed by atoms with E-state index in [1.807, 2.05) is 24.3 Å². The normalized spacial score (nSPS) is 16.8. The Kier molecular flexibility index (Phi) is 5.15. The summed E-state index contributed by atoms with van der Waals surface area (Å²) in [6.07, 6.45) is 1.66. The number of furan rings is 1. The van der Waals surface area contributed by atoms with Gasteiger partial charge in [-0.1, -0.05) is 0 Å². The van der Waals surface area contributed by atoms with E-state index in [1.165, 1.54) is 19.1 Å². The highest BCUT2D eigenvalue weighted by atomic mass is 19.1. The molecule has 128 valence electrons. The monoisotopic (exact) mass is 331 g/mol. The first-order chi connectivity index (χ1) is 11.6. The van der Waals surface area contributed by atoms with Crippen LogP contribution in [0.5, 0.6) is 0 Å². The van der Waals surface area contributed by atoms with Crippen LogP contribution >= 0.6 is 0 Å². The van der Waals surface area contributed by atoms with Crippen molar-refractivity contribution in [3.63, 3.8) is 0 Å². The van der Waals surface area contributed by atoms with Gasteiger partial charge in [0.1, 0.15) is 11.6 Å². The van der Waals surface area contributed by atoms with Crippen molar-refractivity contribution in [3.05, 3.63) is 54.2 Å². The lowest BCUT2D eigenvalue weighted by Crippen LogP contribution is -2.49. The van der Waals surface area contributed by atoms with Crippen LogP contribution in [0.1, 0.15) is 18.7 Å². The van der Waals surface area contributed by atoms with Crippen LogP contribution in [0.4, 0.5) is 10.1 Å². The largest absolute Gasteiger partial charge is 0.468 e. The third-order valence-corrected chi connectivity index (χ3v) is 4.36. The zero-order chi connectivity index (χ0) is 16.9. The van der Waals surface area contributed by atoms with Crippen molar-refractivity contribution < 1.29 is 13.6 Å². The minimum Gasteiger partial charge on any atom is -0.468 e. The summed E-state index contributed by atoms with van der Waals surface area (Å²) in [5.41, 5.74) is 1.03.